The standard InChI is InChI=1S/C46H32/c1-2-13-34(14-3-1)46-44-30-38(37-26-21-31-11-4-5-15-36(31)29-37)27-28-42(44)41-18-8-9-19-43(41)45(46)35-24-22-33(23-25-35)40-20-10-16-32-12-6-7-17-39(32)40/h1-28,30,36H,29H2. The predicted octanol–water partition coefficient (Wildman–Crippen LogP) is 12.6. The molecule has 216 valence electrons. The molecule has 0 aliphatic heterocycles. The van der Waals surface area contributed by atoms with E-state index in [9.17, 15) is 0 Å². The molecule has 7 aromatic carbocycles. The third-order valence-electron chi connectivity index (χ3n) is 9.82. The van der Waals surface area contributed by atoms with Crippen LogP contribution in [0.2, 0.25) is 0 Å². The first kappa shape index (κ1) is 26.7. The van der Waals surface area contributed by atoms with Crippen LogP contribution in [0.25, 0.3) is 71.3 Å². The topological polar surface area (TPSA) is 0 Å². The van der Waals surface area contributed by atoms with Crippen molar-refractivity contribution in [3.63, 3.8) is 0 Å². The first-order valence-corrected chi connectivity index (χ1v) is 16.2. The number of hydrogen-bond acceptors (Lipinski definition) is 0. The summed E-state index contributed by atoms with van der Waals surface area (Å²) in [6.45, 7) is 0. The summed E-state index contributed by atoms with van der Waals surface area (Å²) in [5.74, 6) is 0.446. The molecule has 0 amide bonds. The smallest absolute Gasteiger partial charge is 0.00617 e. The van der Waals surface area contributed by atoms with Gasteiger partial charge in [-0.05, 0) is 94.9 Å². The maximum absolute atomic E-state index is 2.45. The van der Waals surface area contributed by atoms with Gasteiger partial charge in [0, 0.05) is 5.92 Å². The van der Waals surface area contributed by atoms with E-state index in [1.54, 1.807) is 0 Å². The van der Waals surface area contributed by atoms with Gasteiger partial charge in [-0.1, -0.05) is 170 Å². The second-order valence-electron chi connectivity index (χ2n) is 12.4. The summed E-state index contributed by atoms with van der Waals surface area (Å²) in [7, 11) is 0. The maximum Gasteiger partial charge on any atom is 0.00617 e. The highest BCUT2D eigenvalue weighted by Crippen LogP contribution is 2.46. The summed E-state index contributed by atoms with van der Waals surface area (Å²) in [5.41, 5.74) is 11.6. The van der Waals surface area contributed by atoms with Gasteiger partial charge in [-0.25, -0.2) is 0 Å². The highest BCUT2D eigenvalue weighted by molar-refractivity contribution is 6.22. The highest BCUT2D eigenvalue weighted by Gasteiger charge is 2.21. The van der Waals surface area contributed by atoms with Crippen molar-refractivity contribution in [3.8, 4) is 33.4 Å². The minimum atomic E-state index is 0.446. The van der Waals surface area contributed by atoms with Crippen molar-refractivity contribution >= 4 is 37.9 Å². The van der Waals surface area contributed by atoms with Gasteiger partial charge in [0.2, 0.25) is 0 Å². The van der Waals surface area contributed by atoms with Crippen molar-refractivity contribution in [2.45, 2.75) is 6.42 Å². The van der Waals surface area contributed by atoms with E-state index < -0.39 is 0 Å². The molecule has 0 bridgehead atoms. The zero-order valence-corrected chi connectivity index (χ0v) is 25.5. The van der Waals surface area contributed by atoms with Crippen molar-refractivity contribution in [2.75, 3.05) is 0 Å². The fraction of sp³-hybridized carbons (Fsp3) is 0.0435. The van der Waals surface area contributed by atoms with Crippen LogP contribution in [0.3, 0.4) is 0 Å². The number of fused-ring (bicyclic) bond motifs is 5. The van der Waals surface area contributed by atoms with Crippen LogP contribution in [0.1, 0.15) is 12.0 Å². The lowest BCUT2D eigenvalue weighted by molar-refractivity contribution is 0.793. The van der Waals surface area contributed by atoms with Gasteiger partial charge >= 0.3 is 0 Å². The lowest BCUT2D eigenvalue weighted by Gasteiger charge is -2.24. The molecular weight excluding hydrogens is 553 g/mol. The van der Waals surface area contributed by atoms with E-state index in [0.29, 0.717) is 5.92 Å². The van der Waals surface area contributed by atoms with Crippen LogP contribution < -0.4 is 0 Å². The second kappa shape index (κ2) is 11.0. The Morgan fingerprint density at radius 3 is 1.96 bits per heavy atom. The summed E-state index contributed by atoms with van der Waals surface area (Å²) in [5, 5.41) is 7.71. The Balaban J connectivity index is 1.28. The molecule has 0 spiro atoms. The highest BCUT2D eigenvalue weighted by atomic mass is 14.2. The lowest BCUT2D eigenvalue weighted by Crippen LogP contribution is -2.06. The quantitative estimate of drug-likeness (QED) is 0.181. The Morgan fingerprint density at radius 1 is 0.435 bits per heavy atom. The van der Waals surface area contributed by atoms with E-state index in [0.717, 1.165) is 6.42 Å². The van der Waals surface area contributed by atoms with E-state index >= 15 is 0 Å². The second-order valence-corrected chi connectivity index (χ2v) is 12.4. The molecule has 1 unspecified atom stereocenters. The minimum Gasteiger partial charge on any atom is -0.0767 e. The van der Waals surface area contributed by atoms with Crippen molar-refractivity contribution in [1.82, 2.24) is 0 Å². The average molecular weight is 585 g/mol. The largest absolute Gasteiger partial charge is 0.0767 e. The molecule has 0 nitrogen and oxygen atoms in total. The van der Waals surface area contributed by atoms with Gasteiger partial charge in [-0.15, -0.1) is 0 Å². The van der Waals surface area contributed by atoms with Crippen LogP contribution in [-0.4, -0.2) is 0 Å². The summed E-state index contributed by atoms with van der Waals surface area (Å²) >= 11 is 0. The molecule has 7 aromatic rings. The molecular formula is C46H32. The lowest BCUT2D eigenvalue weighted by atomic mass is 9.80. The normalized spacial score (nSPS) is 15.6. The molecule has 46 heavy (non-hydrogen) atoms. The third-order valence-corrected chi connectivity index (χ3v) is 9.82. The number of allylic oxidation sites excluding steroid dienone is 8. The molecule has 0 heterocycles. The van der Waals surface area contributed by atoms with Gasteiger partial charge in [0.05, 0.1) is 0 Å². The number of benzene rings is 7. The molecule has 0 heteroatoms. The summed E-state index contributed by atoms with van der Waals surface area (Å²) in [4.78, 5) is 0. The summed E-state index contributed by atoms with van der Waals surface area (Å²) < 4.78 is 0. The monoisotopic (exact) mass is 584 g/mol. The van der Waals surface area contributed by atoms with Crippen LogP contribution in [0.5, 0.6) is 0 Å². The van der Waals surface area contributed by atoms with E-state index in [1.807, 2.05) is 0 Å². The molecule has 2 aliphatic rings. The molecule has 1 atom stereocenters. The van der Waals surface area contributed by atoms with E-state index in [4.69, 9.17) is 0 Å². The van der Waals surface area contributed by atoms with E-state index in [-0.39, 0.29) is 0 Å². The predicted molar refractivity (Wildman–Crippen MR) is 198 cm³/mol. The minimum absolute atomic E-state index is 0.446. The van der Waals surface area contributed by atoms with Gasteiger partial charge in [-0.3, -0.25) is 0 Å². The van der Waals surface area contributed by atoms with Crippen molar-refractivity contribution < 1.29 is 0 Å². The van der Waals surface area contributed by atoms with Gasteiger partial charge in [0.1, 0.15) is 0 Å². The van der Waals surface area contributed by atoms with Crippen LogP contribution in [0.15, 0.2) is 182 Å². The number of hydrogen-bond donors (Lipinski definition) is 0. The zero-order chi connectivity index (χ0) is 30.5. The molecule has 0 saturated heterocycles. The first-order chi connectivity index (χ1) is 22.8. The molecule has 9 rings (SSSR count). The molecule has 0 radical (unpaired) electrons. The fourth-order valence-electron chi connectivity index (χ4n) is 7.57. The molecule has 0 N–H and O–H groups in total. The fourth-order valence-corrected chi connectivity index (χ4v) is 7.57. The van der Waals surface area contributed by atoms with Crippen LogP contribution in [0, 0.1) is 5.92 Å². The zero-order valence-electron chi connectivity index (χ0n) is 25.5. The Labute approximate surface area is 270 Å². The Bertz CT molecular complexity index is 2410. The summed E-state index contributed by atoms with van der Waals surface area (Å²) in [6.07, 6.45) is 14.6. The Hall–Kier alpha value is -5.72. The number of rotatable bonds is 4. The van der Waals surface area contributed by atoms with Gasteiger partial charge in [0.15, 0.2) is 0 Å². The first-order valence-electron chi connectivity index (χ1n) is 16.2. The molecule has 0 fully saturated rings. The van der Waals surface area contributed by atoms with E-state index in [1.165, 1.54) is 82.4 Å². The van der Waals surface area contributed by atoms with Crippen molar-refractivity contribution in [3.05, 3.63) is 187 Å². The molecule has 2 aliphatic carbocycles. The molecule has 0 saturated carbocycles. The maximum atomic E-state index is 2.45. The van der Waals surface area contributed by atoms with E-state index in [2.05, 4.69) is 176 Å². The Kier molecular flexibility index (Phi) is 6.39. The Morgan fingerprint density at radius 2 is 1.09 bits per heavy atom. The van der Waals surface area contributed by atoms with Crippen LogP contribution in [-0.2, 0) is 0 Å². The third kappa shape index (κ3) is 4.45. The summed E-state index contributed by atoms with van der Waals surface area (Å²) in [6, 6.07) is 51.5. The van der Waals surface area contributed by atoms with Gasteiger partial charge < -0.3 is 0 Å². The van der Waals surface area contributed by atoms with Crippen LogP contribution in [0.4, 0.5) is 0 Å². The average Bonchev–Trinajstić information content (AvgIpc) is 3.14. The SMILES string of the molecule is C1=CC2=CC=C(c3ccc4c(c3)c(-c3ccccc3)c(-c3ccc(-c5cccc6ccccc56)cc3)c3ccccc34)CC2C=C1. The van der Waals surface area contributed by atoms with Gasteiger partial charge in [0.25, 0.3) is 0 Å². The van der Waals surface area contributed by atoms with Crippen molar-refractivity contribution in [1.29, 1.82) is 0 Å². The van der Waals surface area contributed by atoms with Gasteiger partial charge in [-0.2, -0.15) is 0 Å². The molecule has 0 aromatic heterocycles. The van der Waals surface area contributed by atoms with Crippen LogP contribution >= 0.6 is 0 Å². The van der Waals surface area contributed by atoms with Crippen molar-refractivity contribution in [2.24, 2.45) is 5.92 Å².